The van der Waals surface area contributed by atoms with Crippen molar-refractivity contribution in [3.8, 4) is 0 Å². The fourth-order valence-corrected chi connectivity index (χ4v) is 5.79. The minimum Gasteiger partial charge on any atom is -0.381 e. The fourth-order valence-electron chi connectivity index (χ4n) is 4.23. The first-order valence-corrected chi connectivity index (χ1v) is 11.7. The molecule has 1 N–H and O–H groups in total. The summed E-state index contributed by atoms with van der Waals surface area (Å²) in [5.41, 5.74) is 1.36. The maximum Gasteiger partial charge on any atom is 0.251 e. The molecule has 0 aliphatic carbocycles. The molecule has 0 unspecified atom stereocenters. The molecule has 0 atom stereocenters. The van der Waals surface area contributed by atoms with E-state index in [4.69, 9.17) is 4.74 Å². The maximum absolute atomic E-state index is 13.8. The predicted molar refractivity (Wildman–Crippen MR) is 113 cm³/mol. The van der Waals surface area contributed by atoms with Crippen molar-refractivity contribution in [2.24, 2.45) is 0 Å². The van der Waals surface area contributed by atoms with Gasteiger partial charge in [-0.05, 0) is 55.2 Å². The normalized spacial score (nSPS) is 20.1. The molecule has 1 amide bonds. The van der Waals surface area contributed by atoms with E-state index in [2.05, 4.69) is 5.32 Å². The summed E-state index contributed by atoms with van der Waals surface area (Å²) < 4.78 is 45.1. The fraction of sp³-hybridized carbons (Fsp3) is 0.409. The van der Waals surface area contributed by atoms with Crippen molar-refractivity contribution >= 4 is 21.6 Å². The number of carbonyl (C=O) groups is 1. The van der Waals surface area contributed by atoms with Gasteiger partial charge in [-0.2, -0.15) is 0 Å². The Kier molecular flexibility index (Phi) is 5.79. The molecule has 0 spiro atoms. The molecule has 160 valence electrons. The molecule has 8 heteroatoms. The quantitative estimate of drug-likeness (QED) is 0.788. The highest BCUT2D eigenvalue weighted by Crippen LogP contribution is 2.35. The smallest absolute Gasteiger partial charge is 0.251 e. The van der Waals surface area contributed by atoms with Crippen LogP contribution in [0.1, 0.15) is 35.2 Å². The van der Waals surface area contributed by atoms with Crippen LogP contribution in [0.3, 0.4) is 0 Å². The number of anilines is 1. The van der Waals surface area contributed by atoms with E-state index < -0.39 is 15.4 Å². The van der Waals surface area contributed by atoms with Crippen LogP contribution in [-0.2, 0) is 20.2 Å². The molecular weight excluding hydrogens is 407 g/mol. The van der Waals surface area contributed by atoms with Crippen molar-refractivity contribution in [2.45, 2.75) is 24.7 Å². The molecule has 0 saturated carbocycles. The third-order valence-electron chi connectivity index (χ3n) is 5.97. The summed E-state index contributed by atoms with van der Waals surface area (Å²) in [6, 6.07) is 13.2. The lowest BCUT2D eigenvalue weighted by Gasteiger charge is -2.38. The number of benzene rings is 2. The number of hydrogen-bond donors (Lipinski definition) is 1. The van der Waals surface area contributed by atoms with Gasteiger partial charge in [-0.3, -0.25) is 9.10 Å². The number of sulfonamides is 1. The number of rotatable bonds is 5. The second kappa shape index (κ2) is 8.35. The first kappa shape index (κ1) is 20.8. The van der Waals surface area contributed by atoms with Crippen LogP contribution in [0.15, 0.2) is 48.5 Å². The number of halogens is 1. The zero-order chi connectivity index (χ0) is 21.2. The number of hydrogen-bond acceptors (Lipinski definition) is 4. The molecule has 2 aromatic carbocycles. The highest BCUT2D eigenvalue weighted by Gasteiger charge is 2.35. The van der Waals surface area contributed by atoms with Crippen LogP contribution in [0, 0.1) is 5.82 Å². The Hall–Kier alpha value is -2.45. The zero-order valence-electron chi connectivity index (χ0n) is 16.6. The summed E-state index contributed by atoms with van der Waals surface area (Å²) in [7, 11) is -3.31. The third kappa shape index (κ3) is 4.20. The minimum atomic E-state index is -3.31. The van der Waals surface area contributed by atoms with Crippen LogP contribution in [0.5, 0.6) is 0 Å². The Balaban J connectivity index is 1.52. The van der Waals surface area contributed by atoms with E-state index in [0.717, 1.165) is 5.56 Å². The van der Waals surface area contributed by atoms with Gasteiger partial charge in [0, 0.05) is 37.3 Å². The molecule has 30 heavy (non-hydrogen) atoms. The first-order valence-electron chi connectivity index (χ1n) is 10.1. The van der Waals surface area contributed by atoms with Gasteiger partial charge in [0.1, 0.15) is 5.82 Å². The van der Waals surface area contributed by atoms with Crippen LogP contribution in [0.25, 0.3) is 0 Å². The Bertz CT molecular complexity index is 1030. The Morgan fingerprint density at radius 3 is 2.60 bits per heavy atom. The first-order chi connectivity index (χ1) is 14.4. The second-order valence-electron chi connectivity index (χ2n) is 7.88. The zero-order valence-corrected chi connectivity index (χ0v) is 17.5. The molecule has 0 bridgehead atoms. The van der Waals surface area contributed by atoms with Gasteiger partial charge in [0.05, 0.1) is 11.4 Å². The van der Waals surface area contributed by atoms with Crippen molar-refractivity contribution < 1.29 is 22.3 Å². The lowest BCUT2D eigenvalue weighted by Crippen LogP contribution is -2.44. The minimum absolute atomic E-state index is 0.127. The van der Waals surface area contributed by atoms with E-state index in [1.54, 1.807) is 30.3 Å². The van der Waals surface area contributed by atoms with Crippen molar-refractivity contribution in [3.05, 3.63) is 65.5 Å². The van der Waals surface area contributed by atoms with Gasteiger partial charge in [-0.15, -0.1) is 0 Å². The van der Waals surface area contributed by atoms with Crippen LogP contribution in [0.4, 0.5) is 10.1 Å². The topological polar surface area (TPSA) is 75.7 Å². The van der Waals surface area contributed by atoms with Crippen LogP contribution in [0.2, 0.25) is 0 Å². The van der Waals surface area contributed by atoms with Crippen molar-refractivity contribution in [1.82, 2.24) is 5.32 Å². The second-order valence-corrected chi connectivity index (χ2v) is 9.89. The number of carbonyl (C=O) groups excluding carboxylic acids is 1. The van der Waals surface area contributed by atoms with Gasteiger partial charge in [-0.25, -0.2) is 12.8 Å². The number of ether oxygens (including phenoxy) is 1. The molecule has 2 aliphatic rings. The molecule has 6 nitrogen and oxygen atoms in total. The highest BCUT2D eigenvalue weighted by molar-refractivity contribution is 7.93. The largest absolute Gasteiger partial charge is 0.381 e. The number of nitrogens with zero attached hydrogens (tertiary/aromatic N) is 1. The lowest BCUT2D eigenvalue weighted by atomic mass is 9.74. The van der Waals surface area contributed by atoms with Crippen LogP contribution >= 0.6 is 0 Å². The summed E-state index contributed by atoms with van der Waals surface area (Å²) in [4.78, 5) is 12.9. The van der Waals surface area contributed by atoms with Gasteiger partial charge in [0.25, 0.3) is 5.91 Å². The van der Waals surface area contributed by atoms with Crippen molar-refractivity contribution in [1.29, 1.82) is 0 Å². The number of nitrogens with one attached hydrogen (secondary N) is 1. The van der Waals surface area contributed by atoms with Gasteiger partial charge < -0.3 is 10.1 Å². The predicted octanol–water partition coefficient (Wildman–Crippen LogP) is 2.84. The molecular formula is C22H25FN2O4S. The van der Waals surface area contributed by atoms with E-state index in [1.165, 1.54) is 16.4 Å². The van der Waals surface area contributed by atoms with Gasteiger partial charge in [-0.1, -0.05) is 18.2 Å². The summed E-state index contributed by atoms with van der Waals surface area (Å²) in [5, 5.41) is 2.98. The summed E-state index contributed by atoms with van der Waals surface area (Å²) >= 11 is 0. The molecule has 2 aromatic rings. The highest BCUT2D eigenvalue weighted by atomic mass is 32.2. The summed E-state index contributed by atoms with van der Waals surface area (Å²) in [5.74, 6) is -0.457. The molecule has 0 aromatic heterocycles. The van der Waals surface area contributed by atoms with E-state index in [-0.39, 0.29) is 17.5 Å². The van der Waals surface area contributed by atoms with E-state index in [0.29, 0.717) is 56.8 Å². The van der Waals surface area contributed by atoms with Gasteiger partial charge in [0.15, 0.2) is 0 Å². The lowest BCUT2D eigenvalue weighted by molar-refractivity contribution is 0.0486. The van der Waals surface area contributed by atoms with Crippen molar-refractivity contribution in [2.75, 3.05) is 36.4 Å². The van der Waals surface area contributed by atoms with Gasteiger partial charge >= 0.3 is 0 Å². The standard InChI is InChI=1S/C22H25FN2O4S/c23-19-6-2-5-18(15-19)22(8-11-29-12-9-22)16-24-21(26)17-4-1-7-20(14-17)25-10-3-13-30(25,27)28/h1-2,4-7,14-15H,3,8-13,16H2,(H,24,26). The maximum atomic E-state index is 13.8. The molecule has 2 heterocycles. The van der Waals surface area contributed by atoms with Gasteiger partial charge in [0.2, 0.25) is 10.0 Å². The average molecular weight is 433 g/mol. The number of amides is 1. The van der Waals surface area contributed by atoms with E-state index >= 15 is 0 Å². The monoisotopic (exact) mass is 432 g/mol. The Labute approximate surface area is 176 Å². The van der Waals surface area contributed by atoms with Crippen LogP contribution < -0.4 is 9.62 Å². The summed E-state index contributed by atoms with van der Waals surface area (Å²) in [6.07, 6.45) is 1.95. The molecule has 2 fully saturated rings. The van der Waals surface area contributed by atoms with E-state index in [1.807, 2.05) is 6.07 Å². The van der Waals surface area contributed by atoms with Crippen LogP contribution in [-0.4, -0.2) is 46.4 Å². The average Bonchev–Trinajstić information content (AvgIpc) is 3.12. The summed E-state index contributed by atoms with van der Waals surface area (Å²) in [6.45, 7) is 1.88. The molecule has 0 radical (unpaired) electrons. The molecule has 2 saturated heterocycles. The van der Waals surface area contributed by atoms with E-state index in [9.17, 15) is 17.6 Å². The van der Waals surface area contributed by atoms with Crippen molar-refractivity contribution in [3.63, 3.8) is 0 Å². The molecule has 4 rings (SSSR count). The third-order valence-corrected chi connectivity index (χ3v) is 7.84. The Morgan fingerprint density at radius 2 is 1.90 bits per heavy atom. The SMILES string of the molecule is O=C(NCC1(c2cccc(F)c2)CCOCC1)c1cccc(N2CCCS2(=O)=O)c1. The Morgan fingerprint density at radius 1 is 1.13 bits per heavy atom. The molecule has 2 aliphatic heterocycles.